The van der Waals surface area contributed by atoms with E-state index in [1.165, 1.54) is 0 Å². The number of anilines is 2. The number of nitrogen functional groups attached to an aromatic ring is 1. The SMILES string of the molecule is COc1ccc2oc3c(N4C[C@@H]5C[C@H]4CN5)nc(N)nc3c2c1. The first kappa shape index (κ1) is 13.0. The van der Waals surface area contributed by atoms with Crippen molar-refractivity contribution in [2.45, 2.75) is 18.5 Å². The van der Waals surface area contributed by atoms with Crippen LogP contribution in [0, 0.1) is 0 Å². The van der Waals surface area contributed by atoms with Crippen molar-refractivity contribution in [3.63, 3.8) is 0 Å². The zero-order valence-corrected chi connectivity index (χ0v) is 12.7. The fourth-order valence-electron chi connectivity index (χ4n) is 3.77. The van der Waals surface area contributed by atoms with Crippen LogP contribution in [0.2, 0.25) is 0 Å². The van der Waals surface area contributed by atoms with Crippen LogP contribution in [0.1, 0.15) is 6.42 Å². The van der Waals surface area contributed by atoms with Gasteiger partial charge in [-0.15, -0.1) is 0 Å². The zero-order chi connectivity index (χ0) is 15.6. The molecule has 3 aromatic rings. The number of aromatic nitrogens is 2. The first-order chi connectivity index (χ1) is 11.2. The second-order valence-corrected chi connectivity index (χ2v) is 6.19. The Bertz CT molecular complexity index is 922. The minimum atomic E-state index is 0.272. The lowest BCUT2D eigenvalue weighted by Gasteiger charge is -2.28. The molecule has 118 valence electrons. The van der Waals surface area contributed by atoms with Crippen molar-refractivity contribution in [3.05, 3.63) is 18.2 Å². The highest BCUT2D eigenvalue weighted by Crippen LogP contribution is 2.38. The van der Waals surface area contributed by atoms with Gasteiger partial charge in [-0.1, -0.05) is 0 Å². The number of methoxy groups -OCH3 is 1. The molecule has 0 spiro atoms. The van der Waals surface area contributed by atoms with Crippen LogP contribution >= 0.6 is 0 Å². The van der Waals surface area contributed by atoms with Gasteiger partial charge >= 0.3 is 0 Å². The standard InChI is InChI=1S/C16H17N5O2/c1-22-10-2-3-12-11(5-10)13-14(23-12)15(20-16(17)19-13)21-7-8-4-9(21)6-18-8/h2-3,5,8-9,18H,4,6-7H2,1H3,(H2,17,19,20)/t8-,9-/m0/s1. The highest BCUT2D eigenvalue weighted by atomic mass is 16.5. The molecule has 1 aromatic carbocycles. The number of rotatable bonds is 2. The summed E-state index contributed by atoms with van der Waals surface area (Å²) in [4.78, 5) is 11.2. The van der Waals surface area contributed by atoms with Crippen LogP contribution in [-0.4, -0.2) is 42.3 Å². The maximum Gasteiger partial charge on any atom is 0.222 e. The van der Waals surface area contributed by atoms with Crippen molar-refractivity contribution in [2.75, 3.05) is 30.8 Å². The zero-order valence-electron chi connectivity index (χ0n) is 12.7. The molecular formula is C16H17N5O2. The molecule has 0 radical (unpaired) electrons. The van der Waals surface area contributed by atoms with Crippen LogP contribution in [-0.2, 0) is 0 Å². The summed E-state index contributed by atoms with van der Waals surface area (Å²) in [7, 11) is 1.65. The van der Waals surface area contributed by atoms with E-state index in [0.29, 0.717) is 17.7 Å². The third kappa shape index (κ3) is 1.80. The van der Waals surface area contributed by atoms with Gasteiger partial charge in [0.2, 0.25) is 5.95 Å². The van der Waals surface area contributed by atoms with E-state index in [1.54, 1.807) is 7.11 Å². The molecule has 3 N–H and O–H groups in total. The molecule has 0 aliphatic carbocycles. The van der Waals surface area contributed by atoms with E-state index in [9.17, 15) is 0 Å². The second-order valence-electron chi connectivity index (χ2n) is 6.19. The van der Waals surface area contributed by atoms with Crippen LogP contribution in [0.3, 0.4) is 0 Å². The van der Waals surface area contributed by atoms with Crippen LogP contribution in [0.25, 0.3) is 22.1 Å². The number of piperazine rings is 1. The van der Waals surface area contributed by atoms with Gasteiger partial charge in [0.15, 0.2) is 11.4 Å². The Morgan fingerprint density at radius 3 is 3.04 bits per heavy atom. The number of nitrogens with one attached hydrogen (secondary N) is 1. The first-order valence-corrected chi connectivity index (χ1v) is 7.77. The molecule has 5 rings (SSSR count). The van der Waals surface area contributed by atoms with Gasteiger partial charge in [0.25, 0.3) is 0 Å². The number of ether oxygens (including phenoxy) is 1. The molecule has 2 atom stereocenters. The van der Waals surface area contributed by atoms with Gasteiger partial charge in [-0.05, 0) is 24.6 Å². The first-order valence-electron chi connectivity index (χ1n) is 7.77. The fraction of sp³-hybridized carbons (Fsp3) is 0.375. The van der Waals surface area contributed by atoms with E-state index in [0.717, 1.165) is 47.6 Å². The summed E-state index contributed by atoms with van der Waals surface area (Å²) in [5, 5.41) is 4.40. The van der Waals surface area contributed by atoms with Crippen LogP contribution in [0.5, 0.6) is 5.75 Å². The predicted molar refractivity (Wildman–Crippen MR) is 87.8 cm³/mol. The van der Waals surface area contributed by atoms with E-state index in [1.807, 2.05) is 18.2 Å². The summed E-state index contributed by atoms with van der Waals surface area (Å²) in [6, 6.07) is 6.67. The minimum absolute atomic E-state index is 0.272. The fourth-order valence-corrected chi connectivity index (χ4v) is 3.77. The van der Waals surface area contributed by atoms with Crippen molar-refractivity contribution in [3.8, 4) is 5.75 Å². The van der Waals surface area contributed by atoms with Gasteiger partial charge in [0.1, 0.15) is 16.8 Å². The summed E-state index contributed by atoms with van der Waals surface area (Å²) in [6.07, 6.45) is 1.14. The number of hydrogen-bond acceptors (Lipinski definition) is 7. The van der Waals surface area contributed by atoms with Crippen molar-refractivity contribution < 1.29 is 9.15 Å². The third-order valence-electron chi connectivity index (χ3n) is 4.85. The Morgan fingerprint density at radius 1 is 1.39 bits per heavy atom. The summed E-state index contributed by atoms with van der Waals surface area (Å²) in [5.74, 6) is 1.84. The maximum absolute atomic E-state index is 6.06. The molecule has 7 heteroatoms. The lowest BCUT2D eigenvalue weighted by atomic mass is 10.2. The van der Waals surface area contributed by atoms with E-state index in [-0.39, 0.29) is 5.95 Å². The van der Waals surface area contributed by atoms with Crippen LogP contribution in [0.15, 0.2) is 22.6 Å². The summed E-state index contributed by atoms with van der Waals surface area (Å²) in [5.41, 5.74) is 8.19. The van der Waals surface area contributed by atoms with E-state index in [4.69, 9.17) is 14.9 Å². The van der Waals surface area contributed by atoms with Crippen molar-refractivity contribution in [1.29, 1.82) is 0 Å². The lowest BCUT2D eigenvalue weighted by Crippen LogP contribution is -2.44. The molecule has 2 saturated heterocycles. The molecule has 2 bridgehead atoms. The molecule has 2 aliphatic heterocycles. The van der Waals surface area contributed by atoms with Gasteiger partial charge in [-0.3, -0.25) is 0 Å². The minimum Gasteiger partial charge on any atom is -0.497 e. The van der Waals surface area contributed by atoms with E-state index in [2.05, 4.69) is 20.2 Å². The van der Waals surface area contributed by atoms with Gasteiger partial charge < -0.3 is 25.1 Å². The number of nitrogens with two attached hydrogens (primary N) is 1. The highest BCUT2D eigenvalue weighted by molar-refractivity contribution is 6.06. The van der Waals surface area contributed by atoms with Crippen molar-refractivity contribution >= 4 is 33.8 Å². The molecule has 0 saturated carbocycles. The molecule has 7 nitrogen and oxygen atoms in total. The van der Waals surface area contributed by atoms with Gasteiger partial charge in [0.05, 0.1) is 12.5 Å². The van der Waals surface area contributed by atoms with Gasteiger partial charge in [-0.25, -0.2) is 4.98 Å². The third-order valence-corrected chi connectivity index (χ3v) is 4.85. The Balaban J connectivity index is 1.76. The number of hydrogen-bond donors (Lipinski definition) is 2. The lowest BCUT2D eigenvalue weighted by molar-refractivity contribution is 0.415. The maximum atomic E-state index is 6.06. The molecule has 2 fully saturated rings. The average Bonchev–Trinajstić information content (AvgIpc) is 3.27. The number of fused-ring (bicyclic) bond motifs is 5. The Labute approximate surface area is 132 Å². The Hall–Kier alpha value is -2.54. The molecule has 2 aliphatic rings. The van der Waals surface area contributed by atoms with Crippen molar-refractivity contribution in [2.24, 2.45) is 0 Å². The number of furan rings is 1. The average molecular weight is 311 g/mol. The summed E-state index contributed by atoms with van der Waals surface area (Å²) in [6.45, 7) is 1.90. The summed E-state index contributed by atoms with van der Waals surface area (Å²) >= 11 is 0. The van der Waals surface area contributed by atoms with Crippen LogP contribution in [0.4, 0.5) is 11.8 Å². The topological polar surface area (TPSA) is 89.4 Å². The predicted octanol–water partition coefficient (Wildman–Crippen LogP) is 1.52. The quantitative estimate of drug-likeness (QED) is 0.741. The molecule has 2 aromatic heterocycles. The largest absolute Gasteiger partial charge is 0.497 e. The molecule has 4 heterocycles. The van der Waals surface area contributed by atoms with E-state index < -0.39 is 0 Å². The van der Waals surface area contributed by atoms with Crippen molar-refractivity contribution in [1.82, 2.24) is 15.3 Å². The van der Waals surface area contributed by atoms with Gasteiger partial charge in [-0.2, -0.15) is 4.98 Å². The number of nitrogens with zero attached hydrogens (tertiary/aromatic N) is 3. The molecule has 0 unspecified atom stereocenters. The molecule has 0 amide bonds. The molecule has 23 heavy (non-hydrogen) atoms. The van der Waals surface area contributed by atoms with Gasteiger partial charge in [0, 0.05) is 25.2 Å². The Kier molecular flexibility index (Phi) is 2.52. The van der Waals surface area contributed by atoms with E-state index >= 15 is 0 Å². The Morgan fingerprint density at radius 2 is 2.30 bits per heavy atom. The second kappa shape index (κ2) is 4.48. The smallest absolute Gasteiger partial charge is 0.222 e. The monoisotopic (exact) mass is 311 g/mol. The van der Waals surface area contributed by atoms with Crippen LogP contribution < -0.4 is 20.7 Å². The number of benzene rings is 1. The molecular weight excluding hydrogens is 294 g/mol. The highest BCUT2D eigenvalue weighted by Gasteiger charge is 2.39. The summed E-state index contributed by atoms with van der Waals surface area (Å²) < 4.78 is 11.4. The normalized spacial score (nSPS) is 23.3.